The van der Waals surface area contributed by atoms with E-state index in [9.17, 15) is 14.7 Å². The summed E-state index contributed by atoms with van der Waals surface area (Å²) < 4.78 is 4.78. The van der Waals surface area contributed by atoms with Crippen LogP contribution in [0.4, 0.5) is 4.79 Å². The number of carbonyl (C=O) groups excluding carboxylic acids is 1. The molecule has 0 aromatic carbocycles. The minimum absolute atomic E-state index is 0.0352. The van der Waals surface area contributed by atoms with Gasteiger partial charge in [0.15, 0.2) is 11.9 Å². The van der Waals surface area contributed by atoms with E-state index in [0.29, 0.717) is 0 Å². The van der Waals surface area contributed by atoms with Crippen LogP contribution in [0.1, 0.15) is 24.7 Å². The zero-order valence-corrected chi connectivity index (χ0v) is 11.2. The van der Waals surface area contributed by atoms with Crippen molar-refractivity contribution < 1.29 is 29.4 Å². The summed E-state index contributed by atoms with van der Waals surface area (Å²) in [7, 11) is 0. The van der Waals surface area contributed by atoms with Crippen molar-refractivity contribution in [2.45, 2.75) is 31.7 Å². The quantitative estimate of drug-likeness (QED) is 0.322. The van der Waals surface area contributed by atoms with Crippen molar-refractivity contribution in [3.05, 3.63) is 11.7 Å². The Bertz CT molecular complexity index is 490. The van der Waals surface area contributed by atoms with Crippen molar-refractivity contribution in [2.24, 2.45) is 5.73 Å². The van der Waals surface area contributed by atoms with Gasteiger partial charge in [0, 0.05) is 0 Å². The normalized spacial score (nSPS) is 15.0. The summed E-state index contributed by atoms with van der Waals surface area (Å²) in [6, 6.07) is -3.05. The lowest BCUT2D eigenvalue weighted by molar-refractivity contribution is -0.141. The lowest BCUT2D eigenvalue weighted by Gasteiger charge is -2.16. The molecule has 0 bridgehead atoms. The second kappa shape index (κ2) is 7.52. The number of hydrogen-bond acceptors (Lipinski definition) is 8. The monoisotopic (exact) mass is 303 g/mol. The van der Waals surface area contributed by atoms with E-state index in [-0.39, 0.29) is 24.9 Å². The molecule has 21 heavy (non-hydrogen) atoms. The Hall–Kier alpha value is -2.24. The molecule has 1 heterocycles. The van der Waals surface area contributed by atoms with E-state index in [2.05, 4.69) is 20.8 Å². The molecule has 0 saturated heterocycles. The molecule has 0 spiro atoms. The molecule has 0 aliphatic rings. The summed E-state index contributed by atoms with van der Waals surface area (Å²) in [5.74, 6) is -1.25. The van der Waals surface area contributed by atoms with Crippen molar-refractivity contribution >= 4 is 12.0 Å². The van der Waals surface area contributed by atoms with Crippen LogP contribution >= 0.6 is 0 Å². The van der Waals surface area contributed by atoms with Gasteiger partial charge in [-0.25, -0.2) is 9.59 Å². The third-order valence-electron chi connectivity index (χ3n) is 2.45. The summed E-state index contributed by atoms with van der Waals surface area (Å²) in [5, 5.41) is 34.7. The Morgan fingerprint density at radius 3 is 2.67 bits per heavy atom. The van der Waals surface area contributed by atoms with Gasteiger partial charge >= 0.3 is 12.0 Å². The van der Waals surface area contributed by atoms with E-state index in [0.717, 1.165) is 0 Å². The van der Waals surface area contributed by atoms with Crippen LogP contribution < -0.4 is 16.4 Å². The zero-order chi connectivity index (χ0) is 16.0. The van der Waals surface area contributed by atoms with Crippen LogP contribution in [0, 0.1) is 0 Å². The average molecular weight is 303 g/mol. The predicted molar refractivity (Wildman–Crippen MR) is 66.8 cm³/mol. The SMILES string of the molecule is CC(O)C(NC(=O)NCc1nc([C@@H](N)CO)no1)C(=O)O. The maximum Gasteiger partial charge on any atom is 0.328 e. The van der Waals surface area contributed by atoms with E-state index in [4.69, 9.17) is 20.5 Å². The number of hydrogen-bond donors (Lipinski definition) is 6. The highest BCUT2D eigenvalue weighted by molar-refractivity contribution is 5.82. The number of carboxylic acids is 1. The summed E-state index contributed by atoms with van der Waals surface area (Å²) in [6.07, 6.45) is -1.26. The fourth-order valence-corrected chi connectivity index (χ4v) is 1.31. The summed E-state index contributed by atoms with van der Waals surface area (Å²) in [4.78, 5) is 26.1. The Kier molecular flexibility index (Phi) is 6.02. The maximum absolute atomic E-state index is 11.5. The number of urea groups is 1. The molecule has 3 atom stereocenters. The molecule has 0 fully saturated rings. The van der Waals surface area contributed by atoms with Gasteiger partial charge in [-0.3, -0.25) is 0 Å². The number of nitrogens with one attached hydrogen (secondary N) is 2. The number of carbonyl (C=O) groups is 2. The Morgan fingerprint density at radius 2 is 2.14 bits per heavy atom. The minimum atomic E-state index is -1.44. The Morgan fingerprint density at radius 1 is 1.48 bits per heavy atom. The topological polar surface area (TPSA) is 184 Å². The lowest BCUT2D eigenvalue weighted by Crippen LogP contribution is -2.51. The minimum Gasteiger partial charge on any atom is -0.480 e. The fourth-order valence-electron chi connectivity index (χ4n) is 1.31. The molecule has 1 aromatic heterocycles. The van der Waals surface area contributed by atoms with Gasteiger partial charge in [-0.15, -0.1) is 0 Å². The van der Waals surface area contributed by atoms with E-state index in [1.54, 1.807) is 0 Å². The van der Waals surface area contributed by atoms with Crippen LogP contribution in [0.25, 0.3) is 0 Å². The highest BCUT2D eigenvalue weighted by Crippen LogP contribution is 2.04. The van der Waals surface area contributed by atoms with Crippen LogP contribution in [-0.4, -0.2) is 56.2 Å². The van der Waals surface area contributed by atoms with E-state index < -0.39 is 30.2 Å². The van der Waals surface area contributed by atoms with Gasteiger partial charge in [0.05, 0.1) is 25.3 Å². The fraction of sp³-hybridized carbons (Fsp3) is 0.600. The number of amides is 2. The van der Waals surface area contributed by atoms with E-state index in [1.165, 1.54) is 6.92 Å². The van der Waals surface area contributed by atoms with Gasteiger partial charge in [0.2, 0.25) is 5.89 Å². The highest BCUT2D eigenvalue weighted by atomic mass is 16.5. The standard InChI is InChI=1S/C10H17N5O6/c1-4(17)7(9(18)19)14-10(20)12-2-6-13-8(15-21-6)5(11)3-16/h4-5,7,16-17H,2-3,11H2,1H3,(H,18,19)(H2,12,14,20)/t4?,5-,7?/m0/s1. The van der Waals surface area contributed by atoms with Gasteiger partial charge in [0.25, 0.3) is 0 Å². The van der Waals surface area contributed by atoms with Crippen LogP contribution in [-0.2, 0) is 11.3 Å². The molecule has 0 aliphatic heterocycles. The third kappa shape index (κ3) is 4.98. The molecule has 7 N–H and O–H groups in total. The predicted octanol–water partition coefficient (Wildman–Crippen LogP) is -2.31. The molecule has 11 nitrogen and oxygen atoms in total. The molecular weight excluding hydrogens is 286 g/mol. The lowest BCUT2D eigenvalue weighted by atomic mass is 10.2. The van der Waals surface area contributed by atoms with Crippen LogP contribution in [0.5, 0.6) is 0 Å². The molecule has 1 aromatic rings. The second-order valence-electron chi connectivity index (χ2n) is 4.22. The molecule has 0 radical (unpaired) electrons. The number of aromatic nitrogens is 2. The molecular formula is C10H17N5O6. The van der Waals surface area contributed by atoms with Gasteiger partial charge in [-0.1, -0.05) is 5.16 Å². The summed E-state index contributed by atoms with van der Waals surface area (Å²) in [6.45, 7) is 0.713. The number of carboxylic acid groups (broad SMARTS) is 1. The molecule has 118 valence electrons. The van der Waals surface area contributed by atoms with Crippen LogP contribution in [0.2, 0.25) is 0 Å². The highest BCUT2D eigenvalue weighted by Gasteiger charge is 2.25. The number of aliphatic hydroxyl groups is 2. The molecule has 1 rings (SSSR count). The van der Waals surface area contributed by atoms with Gasteiger partial charge in [-0.05, 0) is 6.92 Å². The molecule has 11 heteroatoms. The third-order valence-corrected chi connectivity index (χ3v) is 2.45. The maximum atomic E-state index is 11.5. The number of aliphatic carboxylic acids is 1. The summed E-state index contributed by atoms with van der Waals surface area (Å²) in [5.41, 5.74) is 5.47. The number of rotatable bonds is 7. The average Bonchev–Trinajstić information content (AvgIpc) is 2.89. The van der Waals surface area contributed by atoms with Crippen molar-refractivity contribution in [1.29, 1.82) is 0 Å². The van der Waals surface area contributed by atoms with E-state index >= 15 is 0 Å². The number of nitrogens with zero attached hydrogens (tertiary/aromatic N) is 2. The largest absolute Gasteiger partial charge is 0.480 e. The number of aliphatic hydroxyl groups excluding tert-OH is 2. The number of nitrogens with two attached hydrogens (primary N) is 1. The van der Waals surface area contributed by atoms with Crippen molar-refractivity contribution in [2.75, 3.05) is 6.61 Å². The van der Waals surface area contributed by atoms with Crippen LogP contribution in [0.3, 0.4) is 0 Å². The molecule has 0 saturated carbocycles. The van der Waals surface area contributed by atoms with E-state index in [1.807, 2.05) is 0 Å². The van der Waals surface area contributed by atoms with Gasteiger partial charge < -0.3 is 36.2 Å². The first-order valence-electron chi connectivity index (χ1n) is 5.99. The summed E-state index contributed by atoms with van der Waals surface area (Å²) >= 11 is 0. The van der Waals surface area contributed by atoms with Gasteiger partial charge in [-0.2, -0.15) is 4.98 Å². The first kappa shape index (κ1) is 16.8. The Labute approximate surface area is 119 Å². The molecule has 2 amide bonds. The first-order valence-corrected chi connectivity index (χ1v) is 5.99. The van der Waals surface area contributed by atoms with Gasteiger partial charge in [0.1, 0.15) is 0 Å². The van der Waals surface area contributed by atoms with Crippen LogP contribution in [0.15, 0.2) is 4.52 Å². The Balaban J connectivity index is 2.49. The zero-order valence-electron chi connectivity index (χ0n) is 11.2. The second-order valence-corrected chi connectivity index (χ2v) is 4.22. The first-order chi connectivity index (χ1) is 9.85. The molecule has 0 aliphatic carbocycles. The van der Waals surface area contributed by atoms with Crippen molar-refractivity contribution in [1.82, 2.24) is 20.8 Å². The molecule has 2 unspecified atom stereocenters. The van der Waals surface area contributed by atoms with Crippen molar-refractivity contribution in [3.63, 3.8) is 0 Å². The van der Waals surface area contributed by atoms with Crippen molar-refractivity contribution in [3.8, 4) is 0 Å². The smallest absolute Gasteiger partial charge is 0.328 e.